The van der Waals surface area contributed by atoms with Gasteiger partial charge >= 0.3 is 6.03 Å². The van der Waals surface area contributed by atoms with Gasteiger partial charge < -0.3 is 9.88 Å². The number of anilines is 1. The summed E-state index contributed by atoms with van der Waals surface area (Å²) in [7, 11) is 0. The second-order valence-corrected chi connectivity index (χ2v) is 8.19. The monoisotopic (exact) mass is 387 g/mol. The lowest BCUT2D eigenvalue weighted by atomic mass is 10.1. The highest BCUT2D eigenvalue weighted by molar-refractivity contribution is 8.00. The Kier molecular flexibility index (Phi) is 5.84. The topological polar surface area (TPSA) is 88.9 Å². The number of rotatable bonds is 6. The molecule has 0 spiro atoms. The quantitative estimate of drug-likeness (QED) is 0.739. The zero-order valence-corrected chi connectivity index (χ0v) is 16.9. The van der Waals surface area contributed by atoms with Gasteiger partial charge in [0.1, 0.15) is 5.82 Å². The lowest BCUT2D eigenvalue weighted by molar-refractivity contribution is -0.119. The molecule has 1 aliphatic carbocycles. The molecule has 3 amide bonds. The number of benzene rings is 1. The normalized spacial score (nSPS) is 14.7. The molecule has 27 heavy (non-hydrogen) atoms. The van der Waals surface area contributed by atoms with E-state index in [9.17, 15) is 9.59 Å². The molecule has 1 aliphatic rings. The van der Waals surface area contributed by atoms with E-state index in [-0.39, 0.29) is 5.91 Å². The van der Waals surface area contributed by atoms with Gasteiger partial charge in [0, 0.05) is 18.2 Å². The number of thioether (sulfide) groups is 1. The number of imide groups is 1. The summed E-state index contributed by atoms with van der Waals surface area (Å²) in [5.74, 6) is 1.14. The molecule has 1 atom stereocenters. The van der Waals surface area contributed by atoms with Crippen LogP contribution in [0.25, 0.3) is 0 Å². The fourth-order valence-electron chi connectivity index (χ4n) is 2.86. The van der Waals surface area contributed by atoms with Gasteiger partial charge in [0.05, 0.1) is 5.25 Å². The van der Waals surface area contributed by atoms with Crippen LogP contribution >= 0.6 is 11.8 Å². The highest BCUT2D eigenvalue weighted by atomic mass is 32.2. The van der Waals surface area contributed by atoms with E-state index in [4.69, 9.17) is 0 Å². The molecule has 1 saturated carbocycles. The molecule has 1 aromatic carbocycles. The molecule has 1 fully saturated rings. The fourth-order valence-corrected chi connectivity index (χ4v) is 3.78. The van der Waals surface area contributed by atoms with E-state index >= 15 is 0 Å². The van der Waals surface area contributed by atoms with Crippen LogP contribution in [0.1, 0.15) is 49.6 Å². The van der Waals surface area contributed by atoms with Gasteiger partial charge in [-0.2, -0.15) is 0 Å². The molecule has 3 rings (SSSR count). The third-order valence-corrected chi connectivity index (χ3v) is 5.60. The van der Waals surface area contributed by atoms with Crippen molar-refractivity contribution in [2.45, 2.75) is 63.4 Å². The first-order valence-electron chi connectivity index (χ1n) is 9.18. The van der Waals surface area contributed by atoms with Gasteiger partial charge in [0.25, 0.3) is 0 Å². The van der Waals surface area contributed by atoms with Gasteiger partial charge in [-0.15, -0.1) is 10.2 Å². The van der Waals surface area contributed by atoms with Crippen molar-refractivity contribution in [3.63, 3.8) is 0 Å². The summed E-state index contributed by atoms with van der Waals surface area (Å²) in [6, 6.07) is 5.19. The Morgan fingerprint density at radius 1 is 1.30 bits per heavy atom. The minimum Gasteiger partial charge on any atom is -0.307 e. The molecule has 0 saturated heterocycles. The number of nitrogens with one attached hydrogen (secondary N) is 2. The van der Waals surface area contributed by atoms with Gasteiger partial charge in [-0.3, -0.25) is 10.1 Å². The molecule has 144 valence electrons. The average molecular weight is 388 g/mol. The van der Waals surface area contributed by atoms with Gasteiger partial charge in [0.2, 0.25) is 5.91 Å². The maximum absolute atomic E-state index is 12.4. The van der Waals surface area contributed by atoms with Gasteiger partial charge in [0.15, 0.2) is 5.16 Å². The van der Waals surface area contributed by atoms with Crippen LogP contribution in [-0.2, 0) is 11.3 Å². The first kappa shape index (κ1) is 19.4. The standard InChI is InChI=1S/C19H25N5O2S/c1-5-24-16(14-7-8-14)22-23-19(24)27-13(4)17(25)21-18(26)20-15-9-6-11(2)10-12(15)3/h6,9-10,13-14H,5,7-8H2,1-4H3,(H2,20,21,25,26). The Labute approximate surface area is 163 Å². The third-order valence-electron chi connectivity index (χ3n) is 4.52. The third kappa shape index (κ3) is 4.68. The highest BCUT2D eigenvalue weighted by Gasteiger charge is 2.31. The number of nitrogens with zero attached hydrogens (tertiary/aromatic N) is 3. The average Bonchev–Trinajstić information content (AvgIpc) is 3.38. The lowest BCUT2D eigenvalue weighted by Crippen LogP contribution is -2.39. The Balaban J connectivity index is 1.58. The van der Waals surface area contributed by atoms with E-state index in [2.05, 4.69) is 25.4 Å². The fraction of sp³-hybridized carbons (Fsp3) is 0.474. The summed E-state index contributed by atoms with van der Waals surface area (Å²) in [5, 5.41) is 13.9. The summed E-state index contributed by atoms with van der Waals surface area (Å²) >= 11 is 1.32. The van der Waals surface area contributed by atoms with E-state index in [0.29, 0.717) is 11.6 Å². The van der Waals surface area contributed by atoms with Crippen molar-refractivity contribution in [1.29, 1.82) is 0 Å². The summed E-state index contributed by atoms with van der Waals surface area (Å²) in [6.45, 7) is 8.47. The van der Waals surface area contributed by atoms with E-state index in [1.54, 1.807) is 6.92 Å². The summed E-state index contributed by atoms with van der Waals surface area (Å²) in [6.07, 6.45) is 2.30. The molecule has 1 heterocycles. The molecule has 2 aromatic rings. The van der Waals surface area contributed by atoms with Crippen LogP contribution in [0.3, 0.4) is 0 Å². The van der Waals surface area contributed by atoms with Crippen LogP contribution in [0.4, 0.5) is 10.5 Å². The number of hydrogen-bond donors (Lipinski definition) is 2. The molecular weight excluding hydrogens is 362 g/mol. The lowest BCUT2D eigenvalue weighted by Gasteiger charge is -2.13. The SMILES string of the molecule is CCn1c(SC(C)C(=O)NC(=O)Nc2ccc(C)cc2C)nnc1C1CC1. The number of amides is 3. The van der Waals surface area contributed by atoms with Crippen molar-refractivity contribution in [2.24, 2.45) is 0 Å². The van der Waals surface area contributed by atoms with Crippen molar-refractivity contribution in [3.8, 4) is 0 Å². The molecule has 2 N–H and O–H groups in total. The van der Waals surface area contributed by atoms with E-state index in [1.165, 1.54) is 11.8 Å². The van der Waals surface area contributed by atoms with Crippen LogP contribution < -0.4 is 10.6 Å². The molecule has 7 nitrogen and oxygen atoms in total. The van der Waals surface area contributed by atoms with Crippen LogP contribution in [0.15, 0.2) is 23.4 Å². The Morgan fingerprint density at radius 2 is 2.04 bits per heavy atom. The van der Waals surface area contributed by atoms with E-state index < -0.39 is 11.3 Å². The zero-order chi connectivity index (χ0) is 19.6. The predicted octanol–water partition coefficient (Wildman–Crippen LogP) is 3.62. The van der Waals surface area contributed by atoms with Gasteiger partial charge in [-0.05, 0) is 52.2 Å². The largest absolute Gasteiger partial charge is 0.325 e. The Morgan fingerprint density at radius 3 is 2.67 bits per heavy atom. The van der Waals surface area contributed by atoms with Crippen molar-refractivity contribution in [3.05, 3.63) is 35.2 Å². The second kappa shape index (κ2) is 8.12. The van der Waals surface area contributed by atoms with Crippen molar-refractivity contribution in [1.82, 2.24) is 20.1 Å². The first-order valence-corrected chi connectivity index (χ1v) is 10.1. The summed E-state index contributed by atoms with van der Waals surface area (Å²) in [4.78, 5) is 24.5. The van der Waals surface area contributed by atoms with Crippen LogP contribution in [-0.4, -0.2) is 32.0 Å². The molecule has 0 bridgehead atoms. The summed E-state index contributed by atoms with van der Waals surface area (Å²) < 4.78 is 2.06. The number of hydrogen-bond acceptors (Lipinski definition) is 5. The number of carbonyl (C=O) groups excluding carboxylic acids is 2. The molecule has 0 aliphatic heterocycles. The first-order chi connectivity index (χ1) is 12.9. The number of aryl methyl sites for hydroxylation is 2. The Bertz CT molecular complexity index is 860. The maximum Gasteiger partial charge on any atom is 0.325 e. The highest BCUT2D eigenvalue weighted by Crippen LogP contribution is 2.40. The maximum atomic E-state index is 12.4. The van der Waals surface area contributed by atoms with Crippen LogP contribution in [0.5, 0.6) is 0 Å². The Hall–Kier alpha value is -2.35. The van der Waals surface area contributed by atoms with Crippen molar-refractivity contribution < 1.29 is 9.59 Å². The molecule has 1 aromatic heterocycles. The van der Waals surface area contributed by atoms with Crippen molar-refractivity contribution in [2.75, 3.05) is 5.32 Å². The number of urea groups is 1. The second-order valence-electron chi connectivity index (χ2n) is 6.88. The minimum atomic E-state index is -0.532. The van der Waals surface area contributed by atoms with Gasteiger partial charge in [-0.1, -0.05) is 29.5 Å². The molecule has 0 radical (unpaired) electrons. The van der Waals surface area contributed by atoms with Crippen LogP contribution in [0.2, 0.25) is 0 Å². The zero-order valence-electron chi connectivity index (χ0n) is 16.1. The van der Waals surface area contributed by atoms with Gasteiger partial charge in [-0.25, -0.2) is 4.79 Å². The number of carbonyl (C=O) groups is 2. The van der Waals surface area contributed by atoms with E-state index in [0.717, 1.165) is 41.5 Å². The molecular formula is C19H25N5O2S. The van der Waals surface area contributed by atoms with Crippen molar-refractivity contribution >= 4 is 29.4 Å². The summed E-state index contributed by atoms with van der Waals surface area (Å²) in [5.41, 5.74) is 2.75. The smallest absolute Gasteiger partial charge is 0.307 e. The van der Waals surface area contributed by atoms with Crippen LogP contribution in [0, 0.1) is 13.8 Å². The molecule has 1 unspecified atom stereocenters. The minimum absolute atomic E-state index is 0.360. The molecule has 8 heteroatoms. The number of aromatic nitrogens is 3. The predicted molar refractivity (Wildman–Crippen MR) is 106 cm³/mol. The van der Waals surface area contributed by atoms with E-state index in [1.807, 2.05) is 39.0 Å².